The van der Waals surface area contributed by atoms with Gasteiger partial charge in [0, 0.05) is 19.0 Å². The molecule has 1 aromatic carbocycles. The van der Waals surface area contributed by atoms with Gasteiger partial charge in [-0.1, -0.05) is 55.0 Å². The molecule has 1 aliphatic carbocycles. The van der Waals surface area contributed by atoms with Crippen molar-refractivity contribution in [2.24, 2.45) is 5.92 Å². The molecule has 1 heterocycles. The highest BCUT2D eigenvalue weighted by molar-refractivity contribution is 5.33. The Labute approximate surface area is 145 Å². The zero-order valence-electron chi connectivity index (χ0n) is 13.5. The Morgan fingerprint density at radius 2 is 1.78 bits per heavy atom. The summed E-state index contributed by atoms with van der Waals surface area (Å²) in [5, 5.41) is 11.3. The molecule has 23 heavy (non-hydrogen) atoms. The number of morpholine rings is 1. The fourth-order valence-electron chi connectivity index (χ4n) is 3.49. The van der Waals surface area contributed by atoms with Crippen molar-refractivity contribution in [1.82, 2.24) is 4.90 Å². The summed E-state index contributed by atoms with van der Waals surface area (Å²) in [4.78, 5) is 2.29. The molecule has 1 aliphatic heterocycles. The van der Waals surface area contributed by atoms with E-state index in [2.05, 4.69) is 16.7 Å². The molecule has 1 unspecified atom stereocenters. The Kier molecular flexibility index (Phi) is 6.92. The van der Waals surface area contributed by atoms with Crippen LogP contribution in [0.25, 0.3) is 0 Å². The van der Waals surface area contributed by atoms with Gasteiger partial charge in [0.05, 0.1) is 19.8 Å². The standard InChI is InChI=1S/C19H25NO2.ClH/c21-19(18-9-4-5-10-18,17-7-2-1-3-8-17)11-6-12-20-13-15-22-16-14-20;/h1-3,7-8,18,21H,4-5,9-10,12-16H2;1H/p-1. The lowest BCUT2D eigenvalue weighted by molar-refractivity contribution is -0.0000133. The number of hydrogen-bond donors (Lipinski definition) is 1. The molecule has 3 rings (SSSR count). The molecule has 0 amide bonds. The molecular formula is C19H25ClNO2-. The molecule has 4 heteroatoms. The number of benzene rings is 1. The number of rotatable bonds is 3. The van der Waals surface area contributed by atoms with Gasteiger partial charge in [-0.2, -0.15) is 0 Å². The van der Waals surface area contributed by atoms with E-state index in [0.717, 1.165) is 44.7 Å². The molecule has 0 spiro atoms. The van der Waals surface area contributed by atoms with Crippen molar-refractivity contribution >= 4 is 0 Å². The minimum atomic E-state index is -0.996. The topological polar surface area (TPSA) is 32.7 Å². The minimum Gasteiger partial charge on any atom is -1.00 e. The van der Waals surface area contributed by atoms with Gasteiger partial charge < -0.3 is 22.3 Å². The Hall–Kier alpha value is -1.05. The predicted octanol–water partition coefficient (Wildman–Crippen LogP) is -0.596. The first kappa shape index (κ1) is 18.3. The third kappa shape index (κ3) is 4.49. The van der Waals surface area contributed by atoms with Crippen LogP contribution in [0.5, 0.6) is 0 Å². The largest absolute Gasteiger partial charge is 1.00 e. The van der Waals surface area contributed by atoms with Crippen molar-refractivity contribution in [1.29, 1.82) is 0 Å². The van der Waals surface area contributed by atoms with Gasteiger partial charge in [-0.3, -0.25) is 4.90 Å². The highest BCUT2D eigenvalue weighted by Crippen LogP contribution is 2.40. The summed E-state index contributed by atoms with van der Waals surface area (Å²) in [5.41, 5.74) is -0.0549. The molecule has 1 N–H and O–H groups in total. The maximum absolute atomic E-state index is 11.3. The van der Waals surface area contributed by atoms with Crippen LogP contribution in [0, 0.1) is 17.8 Å². The molecule has 1 saturated heterocycles. The summed E-state index contributed by atoms with van der Waals surface area (Å²) < 4.78 is 5.36. The Balaban J connectivity index is 0.00000192. The van der Waals surface area contributed by atoms with E-state index in [1.807, 2.05) is 30.3 Å². The van der Waals surface area contributed by atoms with Gasteiger partial charge in [0.15, 0.2) is 5.60 Å². The lowest BCUT2D eigenvalue weighted by atomic mass is 9.80. The zero-order chi connectivity index (χ0) is 15.3. The average molecular weight is 335 g/mol. The number of halogens is 1. The first-order valence-corrected chi connectivity index (χ1v) is 8.37. The number of nitrogens with zero attached hydrogens (tertiary/aromatic N) is 1. The second kappa shape index (κ2) is 8.70. The SMILES string of the molecule is OC(C#CCN1CCOCC1)(c1ccccc1)C1CCCC1.[Cl-]. The smallest absolute Gasteiger partial charge is 0.153 e. The molecule has 126 valence electrons. The second-order valence-electron chi connectivity index (χ2n) is 6.30. The van der Waals surface area contributed by atoms with Gasteiger partial charge in [0.1, 0.15) is 0 Å². The molecular weight excluding hydrogens is 310 g/mol. The van der Waals surface area contributed by atoms with Gasteiger partial charge in [-0.05, 0) is 18.4 Å². The summed E-state index contributed by atoms with van der Waals surface area (Å²) in [6.45, 7) is 4.15. The van der Waals surface area contributed by atoms with E-state index in [0.29, 0.717) is 6.54 Å². The first-order valence-electron chi connectivity index (χ1n) is 8.37. The maximum Gasteiger partial charge on any atom is 0.153 e. The number of hydrogen-bond acceptors (Lipinski definition) is 3. The summed E-state index contributed by atoms with van der Waals surface area (Å²) >= 11 is 0. The molecule has 2 aliphatic rings. The predicted molar refractivity (Wildman–Crippen MR) is 87.3 cm³/mol. The number of aliphatic hydroxyl groups is 1. The molecule has 1 aromatic rings. The lowest BCUT2D eigenvalue weighted by Gasteiger charge is -2.30. The summed E-state index contributed by atoms with van der Waals surface area (Å²) in [6.07, 6.45) is 4.53. The second-order valence-corrected chi connectivity index (χ2v) is 6.30. The van der Waals surface area contributed by atoms with Crippen molar-refractivity contribution in [2.45, 2.75) is 31.3 Å². The van der Waals surface area contributed by atoms with Crippen LogP contribution < -0.4 is 12.4 Å². The lowest BCUT2D eigenvalue weighted by Crippen LogP contribution is -3.00. The van der Waals surface area contributed by atoms with Crippen molar-refractivity contribution in [2.75, 3.05) is 32.8 Å². The van der Waals surface area contributed by atoms with Crippen molar-refractivity contribution < 1.29 is 22.3 Å². The van der Waals surface area contributed by atoms with E-state index in [9.17, 15) is 5.11 Å². The van der Waals surface area contributed by atoms with E-state index in [-0.39, 0.29) is 18.3 Å². The Morgan fingerprint density at radius 3 is 2.43 bits per heavy atom. The normalized spacial score (nSPS) is 21.8. The van der Waals surface area contributed by atoms with E-state index >= 15 is 0 Å². The van der Waals surface area contributed by atoms with Gasteiger partial charge in [0.2, 0.25) is 0 Å². The maximum atomic E-state index is 11.3. The van der Waals surface area contributed by atoms with Crippen LogP contribution >= 0.6 is 0 Å². The van der Waals surface area contributed by atoms with E-state index < -0.39 is 5.60 Å². The Morgan fingerprint density at radius 1 is 1.13 bits per heavy atom. The van der Waals surface area contributed by atoms with Gasteiger partial charge in [-0.25, -0.2) is 0 Å². The Bertz CT molecular complexity index is 527. The number of ether oxygens (including phenoxy) is 1. The summed E-state index contributed by atoms with van der Waals surface area (Å²) in [5.74, 6) is 6.72. The van der Waals surface area contributed by atoms with Crippen molar-refractivity contribution in [3.05, 3.63) is 35.9 Å². The van der Waals surface area contributed by atoms with E-state index in [4.69, 9.17) is 4.74 Å². The molecule has 1 atom stereocenters. The summed E-state index contributed by atoms with van der Waals surface area (Å²) in [7, 11) is 0. The highest BCUT2D eigenvalue weighted by Gasteiger charge is 2.38. The quantitative estimate of drug-likeness (QED) is 0.750. The average Bonchev–Trinajstić information content (AvgIpc) is 3.12. The monoisotopic (exact) mass is 334 g/mol. The van der Waals surface area contributed by atoms with E-state index in [1.165, 1.54) is 12.8 Å². The third-order valence-corrected chi connectivity index (χ3v) is 4.85. The van der Waals surface area contributed by atoms with Crippen molar-refractivity contribution in [3.63, 3.8) is 0 Å². The zero-order valence-corrected chi connectivity index (χ0v) is 14.3. The van der Waals surface area contributed by atoms with Gasteiger partial charge in [-0.15, -0.1) is 0 Å². The first-order chi connectivity index (χ1) is 10.8. The molecule has 0 bridgehead atoms. The molecule has 0 aromatic heterocycles. The summed E-state index contributed by atoms with van der Waals surface area (Å²) in [6, 6.07) is 9.96. The third-order valence-electron chi connectivity index (χ3n) is 4.85. The van der Waals surface area contributed by atoms with Crippen LogP contribution in [0.3, 0.4) is 0 Å². The van der Waals surface area contributed by atoms with Crippen LogP contribution in [0.2, 0.25) is 0 Å². The van der Waals surface area contributed by atoms with Crippen LogP contribution in [0.15, 0.2) is 30.3 Å². The van der Waals surface area contributed by atoms with Crippen LogP contribution in [-0.2, 0) is 10.3 Å². The van der Waals surface area contributed by atoms with Crippen LogP contribution in [-0.4, -0.2) is 42.9 Å². The van der Waals surface area contributed by atoms with Gasteiger partial charge in [0.25, 0.3) is 0 Å². The fraction of sp³-hybridized carbons (Fsp3) is 0.579. The van der Waals surface area contributed by atoms with Gasteiger partial charge >= 0.3 is 0 Å². The molecule has 2 fully saturated rings. The van der Waals surface area contributed by atoms with Crippen LogP contribution in [0.1, 0.15) is 31.2 Å². The van der Waals surface area contributed by atoms with Crippen LogP contribution in [0.4, 0.5) is 0 Å². The molecule has 0 radical (unpaired) electrons. The van der Waals surface area contributed by atoms with Crippen molar-refractivity contribution in [3.8, 4) is 11.8 Å². The fourth-order valence-corrected chi connectivity index (χ4v) is 3.49. The molecule has 1 saturated carbocycles. The highest BCUT2D eigenvalue weighted by atomic mass is 35.5. The van der Waals surface area contributed by atoms with E-state index in [1.54, 1.807) is 0 Å². The molecule has 3 nitrogen and oxygen atoms in total. The minimum absolute atomic E-state index is 0.